The van der Waals surface area contributed by atoms with Crippen molar-refractivity contribution < 1.29 is 16.3 Å². The summed E-state index contributed by atoms with van der Waals surface area (Å²) in [6, 6.07) is 4.58. The molecule has 0 radical (unpaired) electrons. The maximum absolute atomic E-state index is 13.9. The standard InChI is InChI=1S/C17H19F2N3O2/c1-17(2)7-8-22-14(21(17)3)9-13(20-16(22)23)24-10-11-5-4-6-12(18)15(11)19/h4-6,9H,7-8,10H2,1-3H3/i10D2. The van der Waals surface area contributed by atoms with E-state index in [2.05, 4.69) is 4.98 Å². The van der Waals surface area contributed by atoms with E-state index in [1.54, 1.807) is 0 Å². The van der Waals surface area contributed by atoms with E-state index in [0.717, 1.165) is 18.6 Å². The Labute approximate surface area is 141 Å². The van der Waals surface area contributed by atoms with Gasteiger partial charge in [0.2, 0.25) is 5.88 Å². The topological polar surface area (TPSA) is 47.4 Å². The molecule has 128 valence electrons. The van der Waals surface area contributed by atoms with Crippen LogP contribution in [-0.4, -0.2) is 22.1 Å². The second kappa shape index (κ2) is 5.89. The fourth-order valence-corrected chi connectivity index (χ4v) is 2.57. The summed E-state index contributed by atoms with van der Waals surface area (Å²) in [5.74, 6) is -2.30. The lowest BCUT2D eigenvalue weighted by Gasteiger charge is -2.42. The largest absolute Gasteiger partial charge is 0.472 e. The SMILES string of the molecule is [2H]C([2H])(Oc1cc2n(c(=O)n1)CCC(C)(C)N2C)c1cccc(F)c1F. The average Bonchev–Trinajstić information content (AvgIpc) is 2.53. The second-order valence-electron chi connectivity index (χ2n) is 6.31. The van der Waals surface area contributed by atoms with Crippen molar-refractivity contribution in [1.82, 2.24) is 9.55 Å². The van der Waals surface area contributed by atoms with Crippen molar-refractivity contribution in [2.24, 2.45) is 0 Å². The third kappa shape index (κ3) is 2.86. The quantitative estimate of drug-likeness (QED) is 0.864. The minimum atomic E-state index is -2.70. The van der Waals surface area contributed by atoms with Gasteiger partial charge in [0.1, 0.15) is 12.4 Å². The van der Waals surface area contributed by atoms with Crippen LogP contribution in [0.1, 0.15) is 28.6 Å². The first kappa shape index (κ1) is 13.9. The van der Waals surface area contributed by atoms with Gasteiger partial charge in [0, 0.05) is 30.8 Å². The fourth-order valence-electron chi connectivity index (χ4n) is 2.57. The molecule has 0 saturated heterocycles. The van der Waals surface area contributed by atoms with Gasteiger partial charge < -0.3 is 9.64 Å². The lowest BCUT2D eigenvalue weighted by Crippen LogP contribution is -2.49. The summed E-state index contributed by atoms with van der Waals surface area (Å²) in [6.07, 6.45) is 0.744. The third-order valence-electron chi connectivity index (χ3n) is 4.38. The number of hydrogen-bond donors (Lipinski definition) is 0. The molecule has 0 spiro atoms. The molecule has 2 heterocycles. The number of fused-ring (bicyclic) bond motifs is 1. The predicted molar refractivity (Wildman–Crippen MR) is 86.3 cm³/mol. The van der Waals surface area contributed by atoms with Crippen LogP contribution in [0.4, 0.5) is 14.6 Å². The molecule has 1 aliphatic rings. The van der Waals surface area contributed by atoms with Crippen LogP contribution in [0.2, 0.25) is 0 Å². The van der Waals surface area contributed by atoms with Gasteiger partial charge in [-0.05, 0) is 26.3 Å². The zero-order valence-electron chi connectivity index (χ0n) is 15.6. The summed E-state index contributed by atoms with van der Waals surface area (Å²) in [4.78, 5) is 17.9. The summed E-state index contributed by atoms with van der Waals surface area (Å²) in [7, 11) is 1.81. The number of benzene rings is 1. The predicted octanol–water partition coefficient (Wildman–Crippen LogP) is 2.72. The summed E-state index contributed by atoms with van der Waals surface area (Å²) < 4.78 is 49.9. The van der Waals surface area contributed by atoms with Crippen molar-refractivity contribution >= 4 is 5.82 Å². The second-order valence-corrected chi connectivity index (χ2v) is 6.31. The maximum atomic E-state index is 13.9. The maximum Gasteiger partial charge on any atom is 0.352 e. The smallest absolute Gasteiger partial charge is 0.352 e. The van der Waals surface area contributed by atoms with Gasteiger partial charge in [-0.15, -0.1) is 0 Å². The molecule has 0 atom stereocenters. The lowest BCUT2D eigenvalue weighted by atomic mass is 9.96. The van der Waals surface area contributed by atoms with E-state index in [-0.39, 0.29) is 11.4 Å². The van der Waals surface area contributed by atoms with Gasteiger partial charge in [-0.1, -0.05) is 12.1 Å². The molecule has 0 amide bonds. The molecule has 0 N–H and O–H groups in total. The molecule has 0 aliphatic carbocycles. The van der Waals surface area contributed by atoms with E-state index in [0.29, 0.717) is 12.4 Å². The van der Waals surface area contributed by atoms with Gasteiger partial charge in [-0.25, -0.2) is 13.6 Å². The first-order chi connectivity index (χ1) is 12.0. The van der Waals surface area contributed by atoms with E-state index < -0.39 is 29.4 Å². The molecular formula is C17H19F2N3O2. The monoisotopic (exact) mass is 337 g/mol. The first-order valence-corrected chi connectivity index (χ1v) is 7.52. The molecular weight excluding hydrogens is 316 g/mol. The van der Waals surface area contributed by atoms with Crippen LogP contribution in [0.15, 0.2) is 29.1 Å². The van der Waals surface area contributed by atoms with Crippen molar-refractivity contribution in [2.45, 2.75) is 38.9 Å². The fraction of sp³-hybridized carbons (Fsp3) is 0.412. The Morgan fingerprint density at radius 2 is 2.17 bits per heavy atom. The zero-order chi connectivity index (χ0) is 19.3. The highest BCUT2D eigenvalue weighted by atomic mass is 19.2. The minimum absolute atomic E-state index is 0.210. The molecule has 5 nitrogen and oxygen atoms in total. The number of nitrogens with zero attached hydrogens (tertiary/aromatic N) is 3. The van der Waals surface area contributed by atoms with E-state index in [1.165, 1.54) is 16.7 Å². The number of aromatic nitrogens is 2. The van der Waals surface area contributed by atoms with Crippen LogP contribution in [0.25, 0.3) is 0 Å². The molecule has 24 heavy (non-hydrogen) atoms. The molecule has 1 aliphatic heterocycles. The molecule has 3 rings (SSSR count). The van der Waals surface area contributed by atoms with E-state index in [1.807, 2.05) is 25.8 Å². The highest BCUT2D eigenvalue weighted by Crippen LogP contribution is 2.31. The number of hydrogen-bond acceptors (Lipinski definition) is 4. The van der Waals surface area contributed by atoms with Gasteiger partial charge in [0.05, 0.1) is 2.74 Å². The highest BCUT2D eigenvalue weighted by Gasteiger charge is 2.31. The molecule has 1 aromatic carbocycles. The Hall–Kier alpha value is -2.44. The van der Waals surface area contributed by atoms with Gasteiger partial charge in [0.15, 0.2) is 11.6 Å². The highest BCUT2D eigenvalue weighted by molar-refractivity contribution is 5.45. The van der Waals surface area contributed by atoms with E-state index in [4.69, 9.17) is 7.48 Å². The van der Waals surface area contributed by atoms with Crippen molar-refractivity contribution in [1.29, 1.82) is 0 Å². The Morgan fingerprint density at radius 3 is 2.92 bits per heavy atom. The Kier molecular flexibility index (Phi) is 3.42. The van der Waals surface area contributed by atoms with Crippen molar-refractivity contribution in [3.05, 3.63) is 51.9 Å². The van der Waals surface area contributed by atoms with Gasteiger partial charge in [0.25, 0.3) is 0 Å². The van der Waals surface area contributed by atoms with Gasteiger partial charge in [-0.2, -0.15) is 4.98 Å². The van der Waals surface area contributed by atoms with Crippen LogP contribution in [-0.2, 0) is 13.1 Å². The van der Waals surface area contributed by atoms with Gasteiger partial charge >= 0.3 is 5.69 Å². The molecule has 7 heteroatoms. The minimum Gasteiger partial charge on any atom is -0.472 e. The number of rotatable bonds is 3. The van der Waals surface area contributed by atoms with Crippen LogP contribution < -0.4 is 15.3 Å². The van der Waals surface area contributed by atoms with Crippen molar-refractivity contribution in [3.63, 3.8) is 0 Å². The normalized spacial score (nSPS) is 17.8. The average molecular weight is 337 g/mol. The van der Waals surface area contributed by atoms with Crippen LogP contribution in [0, 0.1) is 11.6 Å². The lowest BCUT2D eigenvalue weighted by molar-refractivity contribution is 0.280. The number of anilines is 1. The Bertz CT molecular complexity index is 915. The molecule has 2 aromatic rings. The Balaban J connectivity index is 2.01. The Morgan fingerprint density at radius 1 is 1.42 bits per heavy atom. The van der Waals surface area contributed by atoms with Crippen molar-refractivity contribution in [2.75, 3.05) is 11.9 Å². The molecule has 0 bridgehead atoms. The number of halogens is 2. The van der Waals surface area contributed by atoms with Crippen molar-refractivity contribution in [3.8, 4) is 5.88 Å². The summed E-state index contributed by atoms with van der Waals surface area (Å²) >= 11 is 0. The van der Waals surface area contributed by atoms with E-state index >= 15 is 0 Å². The first-order valence-electron chi connectivity index (χ1n) is 8.52. The molecule has 0 fully saturated rings. The van der Waals surface area contributed by atoms with Crippen LogP contribution >= 0.6 is 0 Å². The van der Waals surface area contributed by atoms with Gasteiger partial charge in [-0.3, -0.25) is 4.57 Å². The zero-order valence-corrected chi connectivity index (χ0v) is 13.6. The summed E-state index contributed by atoms with van der Waals surface area (Å²) in [6.45, 7) is 1.81. The number of ether oxygens (including phenoxy) is 1. The third-order valence-corrected chi connectivity index (χ3v) is 4.38. The molecule has 1 aromatic heterocycles. The molecule has 0 saturated carbocycles. The molecule has 0 unspecified atom stereocenters. The van der Waals surface area contributed by atoms with Crippen LogP contribution in [0.5, 0.6) is 5.88 Å². The summed E-state index contributed by atoms with van der Waals surface area (Å²) in [5.41, 5.74) is -1.40. The van der Waals surface area contributed by atoms with E-state index in [9.17, 15) is 13.6 Å². The van der Waals surface area contributed by atoms with Crippen LogP contribution in [0.3, 0.4) is 0 Å². The summed E-state index contributed by atoms with van der Waals surface area (Å²) in [5, 5.41) is 0.